The van der Waals surface area contributed by atoms with E-state index in [0.29, 0.717) is 36.7 Å². The Labute approximate surface area is 203 Å². The van der Waals surface area contributed by atoms with E-state index in [0.717, 1.165) is 5.69 Å². The first-order valence-electron chi connectivity index (χ1n) is 10.6. The van der Waals surface area contributed by atoms with Crippen LogP contribution in [-0.4, -0.2) is 60.2 Å². The van der Waals surface area contributed by atoms with Crippen LogP contribution in [0.25, 0.3) is 0 Å². The van der Waals surface area contributed by atoms with Gasteiger partial charge in [0.15, 0.2) is 0 Å². The number of pyridine rings is 1. The van der Waals surface area contributed by atoms with Crippen molar-refractivity contribution in [3.63, 3.8) is 0 Å². The van der Waals surface area contributed by atoms with E-state index in [1.54, 1.807) is 29.4 Å². The number of aromatic hydroxyl groups is 1. The zero-order chi connectivity index (χ0) is 26.5. The SMILES string of the molecule is CC1c2nc(C(=O)NCc3ccccn3)cn2CCN1C(=O)c1cccc(O)c1.O=C(O)C(F)(F)F. The highest BCUT2D eigenvalue weighted by molar-refractivity contribution is 5.95. The molecule has 0 fully saturated rings. The maximum Gasteiger partial charge on any atom is 0.490 e. The molecule has 0 saturated carbocycles. The normalized spacial score (nSPS) is 14.8. The van der Waals surface area contributed by atoms with Crippen LogP contribution in [0.5, 0.6) is 5.75 Å². The molecule has 1 atom stereocenters. The summed E-state index contributed by atoms with van der Waals surface area (Å²) in [6.07, 6.45) is -1.69. The van der Waals surface area contributed by atoms with Crippen molar-refractivity contribution < 1.29 is 37.8 Å². The molecule has 1 aromatic carbocycles. The average molecular weight is 505 g/mol. The second-order valence-corrected chi connectivity index (χ2v) is 7.71. The summed E-state index contributed by atoms with van der Waals surface area (Å²) in [5, 5.41) is 19.6. The molecule has 2 aromatic heterocycles. The number of carboxylic acid groups (broad SMARTS) is 1. The number of carboxylic acids is 1. The highest BCUT2D eigenvalue weighted by Crippen LogP contribution is 2.27. The van der Waals surface area contributed by atoms with Gasteiger partial charge in [0.25, 0.3) is 11.8 Å². The Balaban J connectivity index is 0.000000454. The topological polar surface area (TPSA) is 138 Å². The first-order valence-corrected chi connectivity index (χ1v) is 10.6. The Bertz CT molecular complexity index is 1250. The minimum atomic E-state index is -5.08. The summed E-state index contributed by atoms with van der Waals surface area (Å²) in [4.78, 5) is 44.6. The number of nitrogens with zero attached hydrogens (tertiary/aromatic N) is 4. The quantitative estimate of drug-likeness (QED) is 0.496. The van der Waals surface area contributed by atoms with Gasteiger partial charge in [-0.3, -0.25) is 14.6 Å². The van der Waals surface area contributed by atoms with Crippen molar-refractivity contribution in [2.75, 3.05) is 6.54 Å². The molecule has 1 aliphatic heterocycles. The minimum absolute atomic E-state index is 0.0499. The number of benzene rings is 1. The highest BCUT2D eigenvalue weighted by Gasteiger charge is 2.38. The third kappa shape index (κ3) is 6.37. The van der Waals surface area contributed by atoms with Gasteiger partial charge in [-0.2, -0.15) is 13.2 Å². The van der Waals surface area contributed by atoms with Gasteiger partial charge >= 0.3 is 12.1 Å². The van der Waals surface area contributed by atoms with Gasteiger partial charge in [-0.1, -0.05) is 12.1 Å². The molecule has 13 heteroatoms. The van der Waals surface area contributed by atoms with Gasteiger partial charge in [-0.25, -0.2) is 9.78 Å². The molecule has 190 valence electrons. The van der Waals surface area contributed by atoms with Crippen LogP contribution in [-0.2, 0) is 17.9 Å². The van der Waals surface area contributed by atoms with Gasteiger partial charge < -0.3 is 25.0 Å². The fraction of sp³-hybridized carbons (Fsp3) is 0.261. The summed E-state index contributed by atoms with van der Waals surface area (Å²) in [7, 11) is 0. The van der Waals surface area contributed by atoms with E-state index in [-0.39, 0.29) is 23.6 Å². The Hall–Kier alpha value is -4.42. The molecule has 1 aliphatic rings. The fourth-order valence-corrected chi connectivity index (χ4v) is 3.45. The Kier molecular flexibility index (Phi) is 7.92. The van der Waals surface area contributed by atoms with Crippen molar-refractivity contribution >= 4 is 17.8 Å². The maximum absolute atomic E-state index is 12.9. The third-order valence-electron chi connectivity index (χ3n) is 5.22. The van der Waals surface area contributed by atoms with Crippen LogP contribution < -0.4 is 5.32 Å². The predicted octanol–water partition coefficient (Wildman–Crippen LogP) is 2.76. The second-order valence-electron chi connectivity index (χ2n) is 7.71. The van der Waals surface area contributed by atoms with Gasteiger partial charge in [0.05, 0.1) is 18.3 Å². The van der Waals surface area contributed by atoms with Crippen LogP contribution in [0.15, 0.2) is 54.9 Å². The van der Waals surface area contributed by atoms with Gasteiger partial charge in [0, 0.05) is 31.0 Å². The fourth-order valence-electron chi connectivity index (χ4n) is 3.45. The van der Waals surface area contributed by atoms with Crippen LogP contribution in [0.4, 0.5) is 13.2 Å². The van der Waals surface area contributed by atoms with Crippen molar-refractivity contribution in [1.82, 2.24) is 24.8 Å². The number of alkyl halides is 3. The van der Waals surface area contributed by atoms with E-state index in [9.17, 15) is 27.9 Å². The molecule has 0 radical (unpaired) electrons. The molecule has 2 amide bonds. The molecule has 4 rings (SSSR count). The van der Waals surface area contributed by atoms with Crippen molar-refractivity contribution in [3.8, 4) is 5.75 Å². The largest absolute Gasteiger partial charge is 0.508 e. The molecular formula is C23H22F3N5O5. The smallest absolute Gasteiger partial charge is 0.490 e. The monoisotopic (exact) mass is 505 g/mol. The molecule has 0 bridgehead atoms. The summed E-state index contributed by atoms with van der Waals surface area (Å²) in [6, 6.07) is 11.5. The lowest BCUT2D eigenvalue weighted by Gasteiger charge is -2.33. The molecule has 3 aromatic rings. The molecule has 0 spiro atoms. The Morgan fingerprint density at radius 1 is 1.14 bits per heavy atom. The van der Waals surface area contributed by atoms with E-state index in [4.69, 9.17) is 9.90 Å². The first-order chi connectivity index (χ1) is 17.0. The van der Waals surface area contributed by atoms with Crippen molar-refractivity contribution in [2.24, 2.45) is 0 Å². The molecular weight excluding hydrogens is 483 g/mol. The van der Waals surface area contributed by atoms with E-state index in [2.05, 4.69) is 15.3 Å². The van der Waals surface area contributed by atoms with Crippen LogP contribution in [0.2, 0.25) is 0 Å². The number of hydrogen-bond acceptors (Lipinski definition) is 6. The number of halogens is 3. The zero-order valence-electron chi connectivity index (χ0n) is 18.9. The lowest BCUT2D eigenvalue weighted by atomic mass is 10.1. The van der Waals surface area contributed by atoms with Gasteiger partial charge in [-0.15, -0.1) is 0 Å². The van der Waals surface area contributed by atoms with Gasteiger partial charge in [-0.05, 0) is 37.3 Å². The summed E-state index contributed by atoms with van der Waals surface area (Å²) >= 11 is 0. The molecule has 3 heterocycles. The van der Waals surface area contributed by atoms with Crippen molar-refractivity contribution in [2.45, 2.75) is 32.2 Å². The van der Waals surface area contributed by atoms with Crippen molar-refractivity contribution in [1.29, 1.82) is 0 Å². The average Bonchev–Trinajstić information content (AvgIpc) is 3.28. The van der Waals surface area contributed by atoms with Crippen molar-refractivity contribution in [3.05, 3.63) is 77.6 Å². The minimum Gasteiger partial charge on any atom is -0.508 e. The molecule has 0 aliphatic carbocycles. The molecule has 0 saturated heterocycles. The predicted molar refractivity (Wildman–Crippen MR) is 119 cm³/mol. The highest BCUT2D eigenvalue weighted by atomic mass is 19.4. The van der Waals surface area contributed by atoms with Gasteiger partial charge in [0.1, 0.15) is 17.3 Å². The summed E-state index contributed by atoms with van der Waals surface area (Å²) in [5.74, 6) is -2.51. The lowest BCUT2D eigenvalue weighted by Crippen LogP contribution is -2.41. The standard InChI is InChI=1S/C21H21N5O3.C2HF3O2/c1-14-19-24-18(20(28)23-12-16-6-2-3-8-22-16)13-25(19)9-10-26(14)21(29)15-5-4-7-17(27)11-15;3-2(4,5)1(6)7/h2-8,11,13-14,27H,9-10,12H2,1H3,(H,23,28);(H,6,7). The van der Waals surface area contributed by atoms with Gasteiger partial charge in [0.2, 0.25) is 0 Å². The first kappa shape index (κ1) is 26.2. The number of amides is 2. The van der Waals surface area contributed by atoms with E-state index < -0.39 is 12.1 Å². The number of phenols is 1. The van der Waals surface area contributed by atoms with Crippen LogP contribution in [0, 0.1) is 0 Å². The number of aromatic nitrogens is 3. The number of phenolic OH excluding ortho intramolecular Hbond substituents is 1. The number of aliphatic carboxylic acids is 1. The van der Waals surface area contributed by atoms with Crippen LogP contribution in [0.1, 0.15) is 45.3 Å². The second kappa shape index (κ2) is 10.9. The Morgan fingerprint density at radius 3 is 2.47 bits per heavy atom. The molecule has 3 N–H and O–H groups in total. The molecule has 1 unspecified atom stereocenters. The number of fused-ring (bicyclic) bond motifs is 1. The number of hydrogen-bond donors (Lipinski definition) is 3. The maximum atomic E-state index is 12.9. The van der Waals surface area contributed by atoms with E-state index in [1.165, 1.54) is 12.1 Å². The van der Waals surface area contributed by atoms with E-state index >= 15 is 0 Å². The summed E-state index contributed by atoms with van der Waals surface area (Å²) < 4.78 is 33.6. The number of rotatable bonds is 4. The molecule has 36 heavy (non-hydrogen) atoms. The third-order valence-corrected chi connectivity index (χ3v) is 5.22. The number of carbonyl (C=O) groups is 3. The number of imidazole rings is 1. The van der Waals surface area contributed by atoms with Crippen LogP contribution in [0.3, 0.4) is 0 Å². The zero-order valence-corrected chi connectivity index (χ0v) is 18.9. The number of carbonyl (C=O) groups excluding carboxylic acids is 2. The lowest BCUT2D eigenvalue weighted by molar-refractivity contribution is -0.192. The molecule has 10 nitrogen and oxygen atoms in total. The van der Waals surface area contributed by atoms with E-state index in [1.807, 2.05) is 29.7 Å². The summed E-state index contributed by atoms with van der Waals surface area (Å²) in [6.45, 7) is 3.24. The Morgan fingerprint density at radius 2 is 1.86 bits per heavy atom. The van der Waals surface area contributed by atoms with Crippen LogP contribution >= 0.6 is 0 Å². The number of nitrogens with one attached hydrogen (secondary N) is 1. The summed E-state index contributed by atoms with van der Waals surface area (Å²) in [5.41, 5.74) is 1.50.